The molecule has 0 aliphatic heterocycles. The molecule has 3 fully saturated rings. The van der Waals surface area contributed by atoms with Gasteiger partial charge in [-0.1, -0.05) is 106 Å². The Morgan fingerprint density at radius 1 is 0.833 bits per heavy atom. The van der Waals surface area contributed by atoms with Gasteiger partial charge in [-0.3, -0.25) is 4.79 Å². The fourth-order valence-electron chi connectivity index (χ4n) is 9.86. The molecule has 8 heteroatoms. The van der Waals surface area contributed by atoms with Crippen molar-refractivity contribution in [3.63, 3.8) is 0 Å². The van der Waals surface area contributed by atoms with Crippen LogP contribution in [0.25, 0.3) is 0 Å². The molecule has 42 heavy (non-hydrogen) atoms. The van der Waals surface area contributed by atoms with Gasteiger partial charge in [-0.15, -0.1) is 0 Å². The lowest BCUT2D eigenvalue weighted by Gasteiger charge is -2.62. The molecule has 1 N–H and O–H groups in total. The Hall–Kier alpha value is -0.250. The molecular weight excluding hydrogens is 662 g/mol. The zero-order chi connectivity index (χ0) is 30.8. The summed E-state index contributed by atoms with van der Waals surface area (Å²) in [6, 6.07) is 0. The molecule has 0 heterocycles. The molecule has 0 aromatic heterocycles. The van der Waals surface area contributed by atoms with Crippen LogP contribution in [-0.2, 0) is 4.79 Å². The van der Waals surface area contributed by atoms with Gasteiger partial charge in [0.1, 0.15) is 5.60 Å². The van der Waals surface area contributed by atoms with Gasteiger partial charge in [-0.2, -0.15) is 22.0 Å². The second kappa shape index (κ2) is 13.6. The van der Waals surface area contributed by atoms with Crippen LogP contribution in [0.5, 0.6) is 0 Å². The highest BCUT2D eigenvalue weighted by atomic mass is 127. The molecule has 2 unspecified atom stereocenters. The Morgan fingerprint density at radius 2 is 1.38 bits per heavy atom. The highest BCUT2D eigenvalue weighted by Crippen LogP contribution is 2.72. The highest BCUT2D eigenvalue weighted by molar-refractivity contribution is 14.1. The van der Waals surface area contributed by atoms with Crippen molar-refractivity contribution in [3.8, 4) is 0 Å². The number of hydrogen-bond acceptors (Lipinski definition) is 2. The molecule has 3 saturated carbocycles. The number of carbonyl (C=O) groups is 1. The summed E-state index contributed by atoms with van der Waals surface area (Å²) < 4.78 is 72.1. The topological polar surface area (TPSA) is 37.3 Å². The van der Waals surface area contributed by atoms with Gasteiger partial charge in [0.05, 0.1) is 0 Å². The summed E-state index contributed by atoms with van der Waals surface area (Å²) in [5, 5.41) is 11.3. The van der Waals surface area contributed by atoms with Gasteiger partial charge in [0.25, 0.3) is 0 Å². The first-order chi connectivity index (χ1) is 19.7. The van der Waals surface area contributed by atoms with E-state index in [9.17, 15) is 31.9 Å². The Kier molecular flexibility index (Phi) is 11.2. The number of hydrogen-bond donors (Lipinski definition) is 1. The summed E-state index contributed by atoms with van der Waals surface area (Å²) in [6.45, 7) is 3.70. The van der Waals surface area contributed by atoms with Gasteiger partial charge >= 0.3 is 12.1 Å². The van der Waals surface area contributed by atoms with Crippen molar-refractivity contribution in [2.45, 2.75) is 154 Å². The number of aliphatic hydroxyl groups is 1. The van der Waals surface area contributed by atoms with Crippen molar-refractivity contribution in [1.82, 2.24) is 0 Å². The molecule has 4 aliphatic rings. The minimum absolute atomic E-state index is 0.00985. The van der Waals surface area contributed by atoms with Crippen LogP contribution < -0.4 is 0 Å². The average molecular weight is 715 g/mol. The third-order valence-electron chi connectivity index (χ3n) is 12.4. The number of alkyl halides is 6. The van der Waals surface area contributed by atoms with E-state index in [1.54, 1.807) is 0 Å². The first-order valence-corrected chi connectivity index (χ1v) is 18.2. The normalized spacial score (nSPS) is 36.8. The monoisotopic (exact) mass is 714 g/mol. The van der Waals surface area contributed by atoms with E-state index < -0.39 is 29.5 Å². The van der Waals surface area contributed by atoms with Crippen molar-refractivity contribution < 1.29 is 31.9 Å². The van der Waals surface area contributed by atoms with Crippen molar-refractivity contribution in [2.24, 2.45) is 34.5 Å². The maximum Gasteiger partial charge on any atom is 0.456 e. The van der Waals surface area contributed by atoms with Gasteiger partial charge in [0, 0.05) is 11.8 Å². The van der Waals surface area contributed by atoms with Crippen molar-refractivity contribution in [2.75, 3.05) is 4.43 Å². The van der Waals surface area contributed by atoms with Crippen LogP contribution in [0.3, 0.4) is 0 Å². The molecular formula is C34H52F5IO2. The minimum Gasteiger partial charge on any atom is -0.383 e. The number of carbonyl (C=O) groups excluding carboxylic acids is 1. The van der Waals surface area contributed by atoms with Crippen molar-refractivity contribution >= 4 is 28.4 Å². The number of halogens is 6. The molecule has 4 rings (SSSR count). The summed E-state index contributed by atoms with van der Waals surface area (Å²) in [6.07, 6.45) is 12.8. The van der Waals surface area contributed by atoms with E-state index in [0.717, 1.165) is 38.5 Å². The maximum absolute atomic E-state index is 15.0. The predicted molar refractivity (Wildman–Crippen MR) is 166 cm³/mol. The summed E-state index contributed by atoms with van der Waals surface area (Å²) >= 11 is 2.43. The van der Waals surface area contributed by atoms with E-state index in [1.807, 2.05) is 6.08 Å². The van der Waals surface area contributed by atoms with Crippen LogP contribution in [-0.4, -0.2) is 33.0 Å². The molecule has 4 aliphatic carbocycles. The fourth-order valence-corrected chi connectivity index (χ4v) is 10.4. The van der Waals surface area contributed by atoms with Crippen LogP contribution in [0.15, 0.2) is 11.6 Å². The van der Waals surface area contributed by atoms with Crippen LogP contribution >= 0.6 is 22.6 Å². The lowest BCUT2D eigenvalue weighted by molar-refractivity contribution is -0.364. The number of ketones is 1. The first kappa shape index (κ1) is 34.6. The first-order valence-electron chi connectivity index (χ1n) is 16.7. The lowest BCUT2D eigenvalue weighted by Crippen LogP contribution is -2.66. The third kappa shape index (κ3) is 6.38. The highest BCUT2D eigenvalue weighted by Gasteiger charge is 2.79. The molecule has 0 aromatic rings. The average Bonchev–Trinajstić information content (AvgIpc) is 3.21. The molecule has 0 bridgehead atoms. The second-order valence-electron chi connectivity index (χ2n) is 14.6. The SMILES string of the molecule is C[C@]12CCC(=O)C=C1CC(CCCCCCCCCCCCCI)[C@@H]1[C@H]2CC[C@@]2(C)[C@H]1CCC2(O)C(F)(F)C(F)(F)F. The summed E-state index contributed by atoms with van der Waals surface area (Å²) in [7, 11) is 0. The van der Waals surface area contributed by atoms with Gasteiger partial charge in [-0.05, 0) is 91.0 Å². The zero-order valence-electron chi connectivity index (χ0n) is 25.7. The zero-order valence-corrected chi connectivity index (χ0v) is 27.8. The van der Waals surface area contributed by atoms with E-state index in [2.05, 4.69) is 29.5 Å². The van der Waals surface area contributed by atoms with Crippen LogP contribution in [0.4, 0.5) is 22.0 Å². The van der Waals surface area contributed by atoms with Gasteiger partial charge in [0.2, 0.25) is 0 Å². The van der Waals surface area contributed by atoms with Gasteiger partial charge in [0.15, 0.2) is 5.78 Å². The second-order valence-corrected chi connectivity index (χ2v) is 15.7. The summed E-state index contributed by atoms with van der Waals surface area (Å²) in [4.78, 5) is 12.4. The molecule has 2 nitrogen and oxygen atoms in total. The van der Waals surface area contributed by atoms with Crippen LogP contribution in [0.2, 0.25) is 0 Å². The van der Waals surface area contributed by atoms with Gasteiger partial charge < -0.3 is 5.11 Å². The van der Waals surface area contributed by atoms with E-state index in [-0.39, 0.29) is 47.7 Å². The Morgan fingerprint density at radius 3 is 1.95 bits per heavy atom. The molecule has 0 saturated heterocycles. The van der Waals surface area contributed by atoms with E-state index >= 15 is 0 Å². The van der Waals surface area contributed by atoms with E-state index in [0.29, 0.717) is 12.8 Å². The summed E-state index contributed by atoms with van der Waals surface area (Å²) in [5.74, 6) is -5.11. The molecule has 0 spiro atoms. The Labute approximate surface area is 263 Å². The molecule has 0 radical (unpaired) electrons. The van der Waals surface area contributed by atoms with E-state index in [4.69, 9.17) is 0 Å². The van der Waals surface area contributed by atoms with Crippen molar-refractivity contribution in [1.29, 1.82) is 0 Å². The molecule has 0 amide bonds. The molecule has 7 atom stereocenters. The number of unbranched alkanes of at least 4 members (excludes halogenated alkanes) is 10. The Balaban J connectivity index is 1.42. The van der Waals surface area contributed by atoms with Crippen LogP contribution in [0.1, 0.15) is 136 Å². The number of fused-ring (bicyclic) bond motifs is 5. The lowest BCUT2D eigenvalue weighted by atomic mass is 9.43. The standard InChI is InChI=1S/C34H52F5IO2/c1-30-18-15-26(41)23-25(30)22-24(14-12-10-8-6-4-3-5-7-9-11-13-21-40)29-27(30)16-19-31(2)28(29)17-20-32(31,42)33(35,36)34(37,38)39/h23-24,27-29,42H,3-22H2,1-2H3/t24?,27-,28+,29-,30+,31+,32?/m1/s1. The van der Waals surface area contributed by atoms with Gasteiger partial charge in [-0.25, -0.2) is 0 Å². The minimum atomic E-state index is -5.79. The maximum atomic E-state index is 15.0. The largest absolute Gasteiger partial charge is 0.456 e. The summed E-state index contributed by atoms with van der Waals surface area (Å²) in [5.41, 5.74) is -3.64. The predicted octanol–water partition coefficient (Wildman–Crippen LogP) is 10.8. The third-order valence-corrected chi connectivity index (χ3v) is 13.1. The van der Waals surface area contributed by atoms with Crippen molar-refractivity contribution in [3.05, 3.63) is 11.6 Å². The quantitative estimate of drug-likeness (QED) is 0.0842. The number of allylic oxidation sites excluding steroid dienone is 1. The number of rotatable bonds is 14. The smallest absolute Gasteiger partial charge is 0.383 e. The van der Waals surface area contributed by atoms with E-state index in [1.165, 1.54) is 68.3 Å². The Bertz CT molecular complexity index is 966. The molecule has 242 valence electrons. The molecule has 0 aromatic carbocycles. The fraction of sp³-hybridized carbons (Fsp3) is 0.912. The van der Waals surface area contributed by atoms with Crippen LogP contribution in [0, 0.1) is 34.5 Å².